The predicted octanol–water partition coefficient (Wildman–Crippen LogP) is 4.27. The average Bonchev–Trinajstić information content (AvgIpc) is 3.46. The molecule has 1 fully saturated rings. The number of fused-ring (bicyclic) bond motifs is 1. The van der Waals surface area contributed by atoms with Crippen LogP contribution in [-0.4, -0.2) is 44.6 Å². The molecule has 1 unspecified atom stereocenters. The zero-order valence-corrected chi connectivity index (χ0v) is 17.5. The highest BCUT2D eigenvalue weighted by molar-refractivity contribution is 5.89. The first-order chi connectivity index (χ1) is 15.6. The predicted molar refractivity (Wildman–Crippen MR) is 114 cm³/mol. The maximum Gasteiger partial charge on any atom is 0.337 e. The second-order valence-electron chi connectivity index (χ2n) is 7.85. The first-order valence-electron chi connectivity index (χ1n) is 10.5. The Balaban J connectivity index is 1.34. The summed E-state index contributed by atoms with van der Waals surface area (Å²) in [5, 5.41) is 4.09. The Hall–Kier alpha value is -3.59. The van der Waals surface area contributed by atoms with Gasteiger partial charge in [0.05, 0.1) is 36.3 Å². The number of esters is 1. The number of hydrogen-bond acceptors (Lipinski definition) is 7. The van der Waals surface area contributed by atoms with Gasteiger partial charge in [0.15, 0.2) is 0 Å². The van der Waals surface area contributed by atoms with Gasteiger partial charge in [-0.25, -0.2) is 14.2 Å². The lowest BCUT2D eigenvalue weighted by Crippen LogP contribution is -2.33. The number of ether oxygens (including phenoxy) is 1. The van der Waals surface area contributed by atoms with Crippen LogP contribution in [-0.2, 0) is 11.3 Å². The van der Waals surface area contributed by atoms with Crippen LogP contribution in [0.5, 0.6) is 0 Å². The van der Waals surface area contributed by atoms with E-state index in [2.05, 4.69) is 25.0 Å². The third-order valence-electron chi connectivity index (χ3n) is 5.76. The molecule has 1 saturated heterocycles. The molecule has 164 valence electrons. The van der Waals surface area contributed by atoms with Gasteiger partial charge in [-0.1, -0.05) is 23.7 Å². The Morgan fingerprint density at radius 2 is 2.06 bits per heavy atom. The molecule has 2 aromatic heterocycles. The van der Waals surface area contributed by atoms with E-state index >= 15 is 0 Å². The summed E-state index contributed by atoms with van der Waals surface area (Å²) in [6.45, 7) is 1.37. The fourth-order valence-corrected chi connectivity index (χ4v) is 4.13. The number of carbonyl (C=O) groups is 1. The summed E-state index contributed by atoms with van der Waals surface area (Å²) in [6.07, 6.45) is 3.10. The lowest BCUT2D eigenvalue weighted by molar-refractivity contribution is 0.0600. The fourth-order valence-electron chi connectivity index (χ4n) is 4.13. The van der Waals surface area contributed by atoms with E-state index < -0.39 is 5.97 Å². The van der Waals surface area contributed by atoms with Crippen molar-refractivity contribution in [1.82, 2.24) is 25.0 Å². The number of hydrogen-bond donors (Lipinski definition) is 1. The quantitative estimate of drug-likeness (QED) is 0.468. The third-order valence-corrected chi connectivity index (χ3v) is 5.76. The Morgan fingerprint density at radius 1 is 1.22 bits per heavy atom. The minimum Gasteiger partial charge on any atom is -0.465 e. The van der Waals surface area contributed by atoms with E-state index in [-0.39, 0.29) is 11.9 Å². The van der Waals surface area contributed by atoms with E-state index in [0.717, 1.165) is 42.7 Å². The molecule has 8 nitrogen and oxygen atoms in total. The van der Waals surface area contributed by atoms with Crippen LogP contribution in [0, 0.1) is 5.82 Å². The third kappa shape index (κ3) is 3.99. The summed E-state index contributed by atoms with van der Waals surface area (Å²) in [6, 6.07) is 11.5. The maximum absolute atomic E-state index is 13.6. The van der Waals surface area contributed by atoms with Crippen molar-refractivity contribution in [1.29, 1.82) is 0 Å². The molecule has 1 atom stereocenters. The second-order valence-corrected chi connectivity index (χ2v) is 7.85. The zero-order chi connectivity index (χ0) is 22.1. The monoisotopic (exact) mass is 435 g/mol. The topological polar surface area (TPSA) is 97.1 Å². The van der Waals surface area contributed by atoms with E-state index in [0.29, 0.717) is 29.3 Å². The van der Waals surface area contributed by atoms with Crippen molar-refractivity contribution >= 4 is 17.0 Å². The number of rotatable bonds is 5. The highest BCUT2D eigenvalue weighted by atomic mass is 19.1. The van der Waals surface area contributed by atoms with Gasteiger partial charge in [0.1, 0.15) is 11.6 Å². The molecule has 0 saturated carbocycles. The number of benzene rings is 2. The lowest BCUT2D eigenvalue weighted by Gasteiger charge is -2.33. The number of halogens is 1. The Morgan fingerprint density at radius 3 is 2.88 bits per heavy atom. The molecular formula is C23H22FN5O3. The van der Waals surface area contributed by atoms with Crippen molar-refractivity contribution in [3.63, 3.8) is 0 Å². The van der Waals surface area contributed by atoms with Gasteiger partial charge in [0, 0.05) is 5.56 Å². The molecule has 0 radical (unpaired) electrons. The van der Waals surface area contributed by atoms with Crippen molar-refractivity contribution in [3.8, 4) is 11.4 Å². The molecule has 9 heteroatoms. The van der Waals surface area contributed by atoms with Crippen LogP contribution in [0.1, 0.15) is 47.4 Å². The summed E-state index contributed by atoms with van der Waals surface area (Å²) in [4.78, 5) is 26.4. The van der Waals surface area contributed by atoms with Crippen LogP contribution in [0.25, 0.3) is 22.4 Å². The van der Waals surface area contributed by atoms with E-state index in [1.54, 1.807) is 30.3 Å². The molecule has 0 aliphatic carbocycles. The highest BCUT2D eigenvalue weighted by Gasteiger charge is 2.28. The van der Waals surface area contributed by atoms with Crippen LogP contribution in [0.15, 0.2) is 47.0 Å². The fraction of sp³-hybridized carbons (Fsp3) is 0.304. The number of nitrogens with zero attached hydrogens (tertiary/aromatic N) is 4. The molecule has 4 aromatic rings. The van der Waals surface area contributed by atoms with E-state index in [4.69, 9.17) is 9.26 Å². The lowest BCUT2D eigenvalue weighted by atomic mass is 10.0. The SMILES string of the molecule is COC(=O)c1ccc(-c2noc(CN3CCCCC3c3nc4ccc(F)cc4[nH]3)n2)cc1. The van der Waals surface area contributed by atoms with Crippen molar-refractivity contribution in [3.05, 3.63) is 65.6 Å². The maximum atomic E-state index is 13.6. The Labute approximate surface area is 183 Å². The van der Waals surface area contributed by atoms with Gasteiger partial charge in [-0.15, -0.1) is 0 Å². The normalized spacial score (nSPS) is 17.0. The number of carbonyl (C=O) groups excluding carboxylic acids is 1. The Kier molecular flexibility index (Phi) is 5.40. The summed E-state index contributed by atoms with van der Waals surface area (Å²) < 4.78 is 23.8. The van der Waals surface area contributed by atoms with Crippen LogP contribution >= 0.6 is 0 Å². The molecule has 0 spiro atoms. The van der Waals surface area contributed by atoms with Crippen LogP contribution in [0.2, 0.25) is 0 Å². The molecular weight excluding hydrogens is 413 g/mol. The molecule has 1 aliphatic rings. The molecule has 1 N–H and O–H groups in total. The number of aromatic amines is 1. The van der Waals surface area contributed by atoms with Crippen molar-refractivity contribution in [2.45, 2.75) is 31.8 Å². The minimum atomic E-state index is -0.394. The average molecular weight is 435 g/mol. The molecule has 1 aliphatic heterocycles. The summed E-state index contributed by atoms with van der Waals surface area (Å²) >= 11 is 0. The van der Waals surface area contributed by atoms with E-state index in [1.165, 1.54) is 19.2 Å². The van der Waals surface area contributed by atoms with Crippen molar-refractivity contribution in [2.75, 3.05) is 13.7 Å². The smallest absolute Gasteiger partial charge is 0.337 e. The number of aromatic nitrogens is 4. The first kappa shape index (κ1) is 20.3. The summed E-state index contributed by atoms with van der Waals surface area (Å²) in [5.41, 5.74) is 2.66. The molecule has 32 heavy (non-hydrogen) atoms. The summed E-state index contributed by atoms with van der Waals surface area (Å²) in [5.74, 6) is 1.11. The molecule has 2 aromatic carbocycles. The number of likely N-dealkylation sites (tertiary alicyclic amines) is 1. The van der Waals surface area contributed by atoms with Gasteiger partial charge in [-0.05, 0) is 49.7 Å². The van der Waals surface area contributed by atoms with Crippen LogP contribution in [0.3, 0.4) is 0 Å². The van der Waals surface area contributed by atoms with Crippen LogP contribution < -0.4 is 0 Å². The standard InChI is InChI=1S/C23H22FN5O3/c1-31-23(30)15-7-5-14(6-8-15)21-27-20(32-28-21)13-29-11-3-2-4-19(29)22-25-17-10-9-16(24)12-18(17)26-22/h5-10,12,19H,2-4,11,13H2,1H3,(H,25,26). The minimum absolute atomic E-state index is 0.0638. The second kappa shape index (κ2) is 8.51. The highest BCUT2D eigenvalue weighted by Crippen LogP contribution is 2.32. The number of imidazole rings is 1. The largest absolute Gasteiger partial charge is 0.465 e. The van der Waals surface area contributed by atoms with Gasteiger partial charge in [-0.3, -0.25) is 4.90 Å². The van der Waals surface area contributed by atoms with E-state index in [9.17, 15) is 9.18 Å². The van der Waals surface area contributed by atoms with Gasteiger partial charge in [-0.2, -0.15) is 4.98 Å². The van der Waals surface area contributed by atoms with E-state index in [1.807, 2.05) is 0 Å². The molecule has 0 bridgehead atoms. The number of methoxy groups -OCH3 is 1. The molecule has 5 rings (SSSR count). The van der Waals surface area contributed by atoms with Crippen molar-refractivity contribution < 1.29 is 18.4 Å². The number of H-pyrrole nitrogens is 1. The van der Waals surface area contributed by atoms with Gasteiger partial charge in [0.25, 0.3) is 0 Å². The number of nitrogens with one attached hydrogen (secondary N) is 1. The van der Waals surface area contributed by atoms with Gasteiger partial charge < -0.3 is 14.2 Å². The number of piperidine rings is 1. The zero-order valence-electron chi connectivity index (χ0n) is 17.5. The van der Waals surface area contributed by atoms with Crippen LogP contribution in [0.4, 0.5) is 4.39 Å². The van der Waals surface area contributed by atoms with Gasteiger partial charge in [0.2, 0.25) is 11.7 Å². The van der Waals surface area contributed by atoms with Gasteiger partial charge >= 0.3 is 5.97 Å². The molecule has 0 amide bonds. The molecule has 3 heterocycles. The summed E-state index contributed by atoms with van der Waals surface area (Å²) in [7, 11) is 1.35. The first-order valence-corrected chi connectivity index (χ1v) is 10.5. The van der Waals surface area contributed by atoms with Crippen molar-refractivity contribution in [2.24, 2.45) is 0 Å². The Bertz CT molecular complexity index is 1250.